The van der Waals surface area contributed by atoms with Crippen LogP contribution in [0.15, 0.2) is 24.3 Å². The molecule has 0 radical (unpaired) electrons. The minimum Gasteiger partial charge on any atom is -0.478 e. The van der Waals surface area contributed by atoms with Gasteiger partial charge in [0.2, 0.25) is 0 Å². The number of nitrogens with zero attached hydrogens (tertiary/aromatic N) is 1. The first-order valence-corrected chi connectivity index (χ1v) is 7.35. The molecule has 1 saturated carbocycles. The topological polar surface area (TPSA) is 49.8 Å². The van der Waals surface area contributed by atoms with E-state index in [0.717, 1.165) is 31.9 Å². The molecule has 1 aliphatic carbocycles. The largest absolute Gasteiger partial charge is 0.478 e. The number of carbonyl (C=O) groups is 1. The molecule has 108 valence electrons. The molecule has 1 saturated heterocycles. The van der Waals surface area contributed by atoms with Crippen molar-refractivity contribution in [3.8, 4) is 0 Å². The third-order valence-electron chi connectivity index (χ3n) is 4.63. The first-order chi connectivity index (χ1) is 9.70. The van der Waals surface area contributed by atoms with E-state index in [-0.39, 0.29) is 5.54 Å². The zero-order valence-corrected chi connectivity index (χ0v) is 11.7. The Kier molecular flexibility index (Phi) is 3.76. The molecule has 2 fully saturated rings. The van der Waals surface area contributed by atoms with E-state index in [1.807, 2.05) is 12.1 Å². The molecule has 2 aliphatic rings. The van der Waals surface area contributed by atoms with Crippen molar-refractivity contribution in [2.45, 2.75) is 37.8 Å². The Labute approximate surface area is 119 Å². The third-order valence-corrected chi connectivity index (χ3v) is 4.63. The average molecular weight is 275 g/mol. The summed E-state index contributed by atoms with van der Waals surface area (Å²) in [6.45, 7) is 3.37. The highest BCUT2D eigenvalue weighted by Crippen LogP contribution is 2.38. The molecule has 0 unspecified atom stereocenters. The van der Waals surface area contributed by atoms with E-state index in [9.17, 15) is 4.79 Å². The lowest BCUT2D eigenvalue weighted by atomic mass is 9.94. The molecule has 1 aromatic carbocycles. The monoisotopic (exact) mass is 275 g/mol. The number of hydrogen-bond acceptors (Lipinski definition) is 3. The Hall–Kier alpha value is -1.39. The van der Waals surface area contributed by atoms with E-state index >= 15 is 0 Å². The summed E-state index contributed by atoms with van der Waals surface area (Å²) in [5.74, 6) is -0.857. The molecule has 4 nitrogen and oxygen atoms in total. The van der Waals surface area contributed by atoms with Gasteiger partial charge in [0.25, 0.3) is 0 Å². The minimum absolute atomic E-state index is 0.192. The third kappa shape index (κ3) is 2.58. The number of carboxylic acids is 1. The van der Waals surface area contributed by atoms with Crippen molar-refractivity contribution in [2.75, 3.05) is 19.8 Å². The van der Waals surface area contributed by atoms with Crippen molar-refractivity contribution in [1.82, 2.24) is 4.90 Å². The van der Waals surface area contributed by atoms with Gasteiger partial charge in [-0.25, -0.2) is 4.79 Å². The number of aromatic carboxylic acids is 1. The highest BCUT2D eigenvalue weighted by atomic mass is 16.5. The SMILES string of the molecule is O=C(O)c1cccc(CN2CCOCC23CCCC3)c1. The highest BCUT2D eigenvalue weighted by Gasteiger charge is 2.41. The molecule has 0 aromatic heterocycles. The Bertz CT molecular complexity index is 494. The molecule has 1 aromatic rings. The van der Waals surface area contributed by atoms with Crippen molar-refractivity contribution in [2.24, 2.45) is 0 Å². The number of ether oxygens (including phenoxy) is 1. The standard InChI is InChI=1S/C16H21NO3/c18-15(19)14-5-3-4-13(10-14)11-17-8-9-20-12-16(17)6-1-2-7-16/h3-5,10H,1-2,6-9,11-12H2,(H,18,19). The van der Waals surface area contributed by atoms with Crippen molar-refractivity contribution in [1.29, 1.82) is 0 Å². The Morgan fingerprint density at radius 3 is 2.90 bits per heavy atom. The molecule has 20 heavy (non-hydrogen) atoms. The fourth-order valence-electron chi connectivity index (χ4n) is 3.53. The van der Waals surface area contributed by atoms with Crippen LogP contribution >= 0.6 is 0 Å². The minimum atomic E-state index is -0.857. The molecule has 4 heteroatoms. The Morgan fingerprint density at radius 1 is 1.35 bits per heavy atom. The summed E-state index contributed by atoms with van der Waals surface area (Å²) in [4.78, 5) is 13.6. The van der Waals surface area contributed by atoms with E-state index < -0.39 is 5.97 Å². The van der Waals surface area contributed by atoms with Gasteiger partial charge in [0.15, 0.2) is 0 Å². The smallest absolute Gasteiger partial charge is 0.335 e. The lowest BCUT2D eigenvalue weighted by molar-refractivity contribution is -0.0702. The molecular weight excluding hydrogens is 254 g/mol. The first-order valence-electron chi connectivity index (χ1n) is 7.35. The molecule has 3 rings (SSSR count). The Morgan fingerprint density at radius 2 is 2.15 bits per heavy atom. The molecule has 1 heterocycles. The van der Waals surface area contributed by atoms with Gasteiger partial charge in [0.1, 0.15) is 0 Å². The fraction of sp³-hybridized carbons (Fsp3) is 0.562. The second-order valence-electron chi connectivity index (χ2n) is 5.91. The highest BCUT2D eigenvalue weighted by molar-refractivity contribution is 5.87. The predicted octanol–water partition coefficient (Wildman–Crippen LogP) is 2.53. The van der Waals surface area contributed by atoms with Crippen LogP contribution in [-0.2, 0) is 11.3 Å². The Balaban J connectivity index is 1.78. The maximum absolute atomic E-state index is 11.1. The number of morpholine rings is 1. The molecule has 1 spiro atoms. The number of carboxylic acid groups (broad SMARTS) is 1. The summed E-state index contributed by atoms with van der Waals surface area (Å²) in [7, 11) is 0. The van der Waals surface area contributed by atoms with Crippen LogP contribution in [-0.4, -0.2) is 41.3 Å². The predicted molar refractivity (Wildman–Crippen MR) is 75.8 cm³/mol. The van der Waals surface area contributed by atoms with Crippen molar-refractivity contribution in [3.63, 3.8) is 0 Å². The van der Waals surface area contributed by atoms with Gasteiger partial charge in [-0.05, 0) is 30.5 Å². The van der Waals surface area contributed by atoms with E-state index in [1.165, 1.54) is 25.7 Å². The summed E-state index contributed by atoms with van der Waals surface area (Å²) < 4.78 is 5.70. The molecular formula is C16H21NO3. The van der Waals surface area contributed by atoms with Crippen LogP contribution in [0.1, 0.15) is 41.6 Å². The van der Waals surface area contributed by atoms with Crippen LogP contribution < -0.4 is 0 Å². The van der Waals surface area contributed by atoms with Crippen molar-refractivity contribution >= 4 is 5.97 Å². The second-order valence-corrected chi connectivity index (χ2v) is 5.91. The average Bonchev–Trinajstić information content (AvgIpc) is 2.91. The van der Waals surface area contributed by atoms with Gasteiger partial charge in [-0.1, -0.05) is 25.0 Å². The molecule has 0 atom stereocenters. The lowest BCUT2D eigenvalue weighted by Crippen LogP contribution is -2.54. The van der Waals surface area contributed by atoms with Crippen LogP contribution in [0, 0.1) is 0 Å². The molecule has 0 bridgehead atoms. The van der Waals surface area contributed by atoms with Gasteiger partial charge in [0, 0.05) is 18.6 Å². The van der Waals surface area contributed by atoms with Gasteiger partial charge in [-0.3, -0.25) is 4.90 Å². The molecule has 1 N–H and O–H groups in total. The van der Waals surface area contributed by atoms with Gasteiger partial charge in [-0.2, -0.15) is 0 Å². The molecule has 0 amide bonds. The summed E-state index contributed by atoms with van der Waals surface area (Å²) in [6.07, 6.45) is 4.95. The second kappa shape index (κ2) is 5.54. The maximum Gasteiger partial charge on any atom is 0.335 e. The van der Waals surface area contributed by atoms with Gasteiger partial charge < -0.3 is 9.84 Å². The normalized spacial score (nSPS) is 22.2. The van der Waals surface area contributed by atoms with E-state index in [4.69, 9.17) is 9.84 Å². The quantitative estimate of drug-likeness (QED) is 0.921. The van der Waals surface area contributed by atoms with Gasteiger partial charge in [-0.15, -0.1) is 0 Å². The van der Waals surface area contributed by atoms with Crippen LogP contribution in [0.3, 0.4) is 0 Å². The molecule has 1 aliphatic heterocycles. The van der Waals surface area contributed by atoms with Gasteiger partial charge >= 0.3 is 5.97 Å². The van der Waals surface area contributed by atoms with E-state index in [1.54, 1.807) is 12.1 Å². The zero-order chi connectivity index (χ0) is 14.0. The zero-order valence-electron chi connectivity index (χ0n) is 11.7. The van der Waals surface area contributed by atoms with E-state index in [0.29, 0.717) is 5.56 Å². The maximum atomic E-state index is 11.1. The van der Waals surface area contributed by atoms with Crippen LogP contribution in [0.4, 0.5) is 0 Å². The summed E-state index contributed by atoms with van der Waals surface area (Å²) >= 11 is 0. The summed E-state index contributed by atoms with van der Waals surface area (Å²) in [5, 5.41) is 9.09. The lowest BCUT2D eigenvalue weighted by Gasteiger charge is -2.44. The first kappa shape index (κ1) is 13.6. The van der Waals surface area contributed by atoms with Crippen LogP contribution in [0.2, 0.25) is 0 Å². The van der Waals surface area contributed by atoms with Crippen molar-refractivity contribution < 1.29 is 14.6 Å². The summed E-state index contributed by atoms with van der Waals surface area (Å²) in [5.41, 5.74) is 1.65. The number of rotatable bonds is 3. The van der Waals surface area contributed by atoms with Crippen LogP contribution in [0.25, 0.3) is 0 Å². The van der Waals surface area contributed by atoms with E-state index in [2.05, 4.69) is 4.90 Å². The fourth-order valence-corrected chi connectivity index (χ4v) is 3.53. The van der Waals surface area contributed by atoms with Crippen molar-refractivity contribution in [3.05, 3.63) is 35.4 Å². The van der Waals surface area contributed by atoms with Crippen LogP contribution in [0.5, 0.6) is 0 Å². The number of hydrogen-bond donors (Lipinski definition) is 1. The number of benzene rings is 1. The summed E-state index contributed by atoms with van der Waals surface area (Å²) in [6, 6.07) is 7.29. The van der Waals surface area contributed by atoms with Gasteiger partial charge in [0.05, 0.1) is 18.8 Å².